The zero-order valence-corrected chi connectivity index (χ0v) is 10.7. The van der Waals surface area contributed by atoms with Gasteiger partial charge in [-0.2, -0.15) is 13.2 Å². The number of anilines is 1. The molecule has 20 heavy (non-hydrogen) atoms. The number of hydrogen-bond acceptors (Lipinski definition) is 3. The molecule has 4 nitrogen and oxygen atoms in total. The van der Waals surface area contributed by atoms with Crippen LogP contribution in [0, 0.1) is 0 Å². The van der Waals surface area contributed by atoms with Gasteiger partial charge in [0.1, 0.15) is 0 Å². The van der Waals surface area contributed by atoms with Crippen LogP contribution in [-0.4, -0.2) is 37.6 Å². The number of amides is 1. The number of halogens is 3. The lowest BCUT2D eigenvalue weighted by Crippen LogP contribution is -2.36. The van der Waals surface area contributed by atoms with Crippen LogP contribution in [-0.2, 0) is 22.3 Å². The van der Waals surface area contributed by atoms with Crippen molar-refractivity contribution in [2.24, 2.45) is 0 Å². The van der Waals surface area contributed by atoms with Crippen molar-refractivity contribution in [3.63, 3.8) is 0 Å². The third kappa shape index (κ3) is 3.71. The van der Waals surface area contributed by atoms with Crippen LogP contribution in [0.15, 0.2) is 18.2 Å². The van der Waals surface area contributed by atoms with E-state index in [1.54, 1.807) is 0 Å². The van der Waals surface area contributed by atoms with Crippen molar-refractivity contribution >= 4 is 12.1 Å². The molecule has 0 aromatic heterocycles. The summed E-state index contributed by atoms with van der Waals surface area (Å²) in [4.78, 5) is 12.2. The summed E-state index contributed by atoms with van der Waals surface area (Å²) in [6, 6.07) is 3.84. The minimum absolute atomic E-state index is 0.137. The van der Waals surface area contributed by atoms with E-state index in [0.717, 1.165) is 6.07 Å². The van der Waals surface area contributed by atoms with Gasteiger partial charge in [0, 0.05) is 25.3 Å². The van der Waals surface area contributed by atoms with Crippen molar-refractivity contribution in [2.45, 2.75) is 12.7 Å². The Morgan fingerprint density at radius 1 is 1.30 bits per heavy atom. The van der Waals surface area contributed by atoms with Gasteiger partial charge in [-0.3, -0.25) is 9.69 Å². The highest BCUT2D eigenvalue weighted by atomic mass is 19.4. The number of rotatable bonds is 4. The molecule has 1 amide bonds. The first kappa shape index (κ1) is 14.8. The van der Waals surface area contributed by atoms with Crippen LogP contribution in [0.3, 0.4) is 0 Å². The smallest absolute Gasteiger partial charge is 0.379 e. The molecule has 7 heteroatoms. The van der Waals surface area contributed by atoms with E-state index in [1.807, 2.05) is 4.90 Å². The fourth-order valence-corrected chi connectivity index (χ4v) is 2.14. The molecular weight excluding hydrogens is 273 g/mol. The van der Waals surface area contributed by atoms with Gasteiger partial charge in [-0.05, 0) is 17.7 Å². The Bertz CT molecular complexity index is 471. The maximum Gasteiger partial charge on any atom is 0.416 e. The maximum atomic E-state index is 13.1. The van der Waals surface area contributed by atoms with Crippen LogP contribution in [0.5, 0.6) is 0 Å². The molecule has 0 bridgehead atoms. The monoisotopic (exact) mass is 288 g/mol. The number of carbonyl (C=O) groups is 1. The average Bonchev–Trinajstić information content (AvgIpc) is 2.41. The van der Waals surface area contributed by atoms with Gasteiger partial charge in [0.25, 0.3) is 0 Å². The van der Waals surface area contributed by atoms with Crippen LogP contribution in [0.4, 0.5) is 18.9 Å². The molecule has 0 unspecified atom stereocenters. The van der Waals surface area contributed by atoms with Crippen molar-refractivity contribution in [3.8, 4) is 0 Å². The topological polar surface area (TPSA) is 41.6 Å². The van der Waals surface area contributed by atoms with E-state index >= 15 is 0 Å². The maximum absolute atomic E-state index is 13.1. The molecule has 1 aliphatic rings. The van der Waals surface area contributed by atoms with E-state index in [0.29, 0.717) is 32.7 Å². The van der Waals surface area contributed by atoms with Crippen molar-refractivity contribution in [1.82, 2.24) is 4.90 Å². The Labute approximate surface area is 114 Å². The van der Waals surface area contributed by atoms with Gasteiger partial charge in [-0.15, -0.1) is 0 Å². The number of benzene rings is 1. The lowest BCUT2D eigenvalue weighted by Gasteiger charge is -2.27. The molecule has 1 N–H and O–H groups in total. The van der Waals surface area contributed by atoms with Crippen LogP contribution in [0.2, 0.25) is 0 Å². The Morgan fingerprint density at radius 2 is 2.00 bits per heavy atom. The summed E-state index contributed by atoms with van der Waals surface area (Å²) in [5.74, 6) is 0. The molecule has 110 valence electrons. The Balaban J connectivity index is 2.23. The van der Waals surface area contributed by atoms with E-state index in [-0.39, 0.29) is 17.8 Å². The van der Waals surface area contributed by atoms with Crippen molar-refractivity contribution < 1.29 is 22.7 Å². The van der Waals surface area contributed by atoms with Crippen molar-refractivity contribution in [3.05, 3.63) is 29.3 Å². The molecule has 0 spiro atoms. The first-order chi connectivity index (χ1) is 9.50. The largest absolute Gasteiger partial charge is 0.416 e. The minimum Gasteiger partial charge on any atom is -0.379 e. The minimum atomic E-state index is -4.44. The van der Waals surface area contributed by atoms with E-state index in [4.69, 9.17) is 4.74 Å². The number of nitrogens with zero attached hydrogens (tertiary/aromatic N) is 1. The van der Waals surface area contributed by atoms with E-state index in [9.17, 15) is 18.0 Å². The molecule has 1 fully saturated rings. The van der Waals surface area contributed by atoms with E-state index in [2.05, 4.69) is 5.32 Å². The molecular formula is C13H15F3N2O2. The van der Waals surface area contributed by atoms with Crippen LogP contribution >= 0.6 is 0 Å². The summed E-state index contributed by atoms with van der Waals surface area (Å²) in [6.07, 6.45) is -4.08. The van der Waals surface area contributed by atoms with Crippen LogP contribution < -0.4 is 5.32 Å². The molecule has 0 atom stereocenters. The highest BCUT2D eigenvalue weighted by Crippen LogP contribution is 2.34. The standard InChI is InChI=1S/C13H15F3N2O2/c14-13(15,16)12-7-11(17-9-19)2-1-10(12)8-18-3-5-20-6-4-18/h1-2,7,9H,3-6,8H2,(H,17,19). The summed E-state index contributed by atoms with van der Waals surface area (Å²) < 4.78 is 44.4. The SMILES string of the molecule is O=CNc1ccc(CN2CCOCC2)c(C(F)(F)F)c1. The summed E-state index contributed by atoms with van der Waals surface area (Å²) in [6.45, 7) is 2.52. The molecule has 0 saturated carbocycles. The van der Waals surface area contributed by atoms with Gasteiger partial charge < -0.3 is 10.1 Å². The van der Waals surface area contributed by atoms with Gasteiger partial charge in [-0.25, -0.2) is 0 Å². The highest BCUT2D eigenvalue weighted by Gasteiger charge is 2.34. The van der Waals surface area contributed by atoms with Gasteiger partial charge in [0.05, 0.1) is 18.8 Å². The molecule has 1 heterocycles. The number of alkyl halides is 3. The first-order valence-corrected chi connectivity index (χ1v) is 6.21. The molecule has 1 aromatic carbocycles. The van der Waals surface area contributed by atoms with Crippen molar-refractivity contribution in [2.75, 3.05) is 31.6 Å². The lowest BCUT2D eigenvalue weighted by molar-refractivity contribution is -0.138. The second kappa shape index (κ2) is 6.23. The molecule has 1 aromatic rings. The molecule has 1 aliphatic heterocycles. The molecule has 0 radical (unpaired) electrons. The van der Waals surface area contributed by atoms with Gasteiger partial charge >= 0.3 is 6.18 Å². The summed E-state index contributed by atoms with van der Waals surface area (Å²) in [5, 5.41) is 2.24. The quantitative estimate of drug-likeness (QED) is 0.863. The second-order valence-electron chi connectivity index (χ2n) is 4.52. The number of nitrogens with one attached hydrogen (secondary N) is 1. The molecule has 1 saturated heterocycles. The van der Waals surface area contributed by atoms with Gasteiger partial charge in [-0.1, -0.05) is 6.07 Å². The molecule has 2 rings (SSSR count). The molecule has 0 aliphatic carbocycles. The summed E-state index contributed by atoms with van der Waals surface area (Å²) in [5.41, 5.74) is -0.371. The predicted octanol–water partition coefficient (Wildman–Crippen LogP) is 2.11. The predicted molar refractivity (Wildman–Crippen MR) is 67.2 cm³/mol. The third-order valence-electron chi connectivity index (χ3n) is 3.14. The van der Waals surface area contributed by atoms with Crippen molar-refractivity contribution in [1.29, 1.82) is 0 Å². The number of hydrogen-bond donors (Lipinski definition) is 1. The Kier molecular flexibility index (Phi) is 4.61. The van der Waals surface area contributed by atoms with Crippen LogP contribution in [0.25, 0.3) is 0 Å². The number of carbonyl (C=O) groups excluding carboxylic acids is 1. The lowest BCUT2D eigenvalue weighted by atomic mass is 10.1. The van der Waals surface area contributed by atoms with E-state index in [1.165, 1.54) is 12.1 Å². The third-order valence-corrected chi connectivity index (χ3v) is 3.14. The van der Waals surface area contributed by atoms with Crippen LogP contribution in [0.1, 0.15) is 11.1 Å². The highest BCUT2D eigenvalue weighted by molar-refractivity contribution is 5.71. The number of ether oxygens (including phenoxy) is 1. The fraction of sp³-hybridized carbons (Fsp3) is 0.462. The number of morpholine rings is 1. The zero-order valence-electron chi connectivity index (χ0n) is 10.7. The zero-order chi connectivity index (χ0) is 14.6. The Morgan fingerprint density at radius 3 is 2.60 bits per heavy atom. The first-order valence-electron chi connectivity index (χ1n) is 6.21. The summed E-state index contributed by atoms with van der Waals surface area (Å²) >= 11 is 0. The Hall–Kier alpha value is -1.60. The normalized spacial score (nSPS) is 16.9. The van der Waals surface area contributed by atoms with Gasteiger partial charge in [0.2, 0.25) is 6.41 Å². The fourth-order valence-electron chi connectivity index (χ4n) is 2.14. The van der Waals surface area contributed by atoms with E-state index < -0.39 is 11.7 Å². The average molecular weight is 288 g/mol. The second-order valence-corrected chi connectivity index (χ2v) is 4.52. The van der Waals surface area contributed by atoms with Gasteiger partial charge in [0.15, 0.2) is 0 Å². The summed E-state index contributed by atoms with van der Waals surface area (Å²) in [7, 11) is 0.